The molecule has 0 atom stereocenters. The van der Waals surface area contributed by atoms with Gasteiger partial charge in [0.05, 0.1) is 13.0 Å². The minimum atomic E-state index is -0.612. The van der Waals surface area contributed by atoms with Crippen molar-refractivity contribution >= 4 is 11.8 Å². The molecule has 31 heavy (non-hydrogen) atoms. The molecule has 3 aromatic rings. The number of hydroxylamine groups is 1. The summed E-state index contributed by atoms with van der Waals surface area (Å²) in [6.45, 7) is 1.11. The van der Waals surface area contributed by atoms with Crippen LogP contribution in [0.25, 0.3) is 0 Å². The summed E-state index contributed by atoms with van der Waals surface area (Å²) < 4.78 is 11.7. The fourth-order valence-electron chi connectivity index (χ4n) is 3.43. The molecule has 0 radical (unpaired) electrons. The Kier molecular flexibility index (Phi) is 6.14. The molecule has 0 unspecified atom stereocenters. The lowest BCUT2D eigenvalue weighted by molar-refractivity contribution is -0.131. The highest BCUT2D eigenvalue weighted by molar-refractivity contribution is 5.93. The van der Waals surface area contributed by atoms with Crippen molar-refractivity contribution in [3.05, 3.63) is 89.5 Å². The summed E-state index contributed by atoms with van der Waals surface area (Å²) in [5.41, 5.74) is 3.50. The Morgan fingerprint density at radius 3 is 2.61 bits per heavy atom. The minimum absolute atomic E-state index is 0.0438. The smallest absolute Gasteiger partial charge is 0.274 e. The van der Waals surface area contributed by atoms with E-state index < -0.39 is 5.91 Å². The standard InChI is InChI=1S/C24H22N2O5/c27-23(15-17-6-4-5-9-21(17)31-20-7-2-1-3-8-20)26-12-13-30-22-14-18(24(28)25-29)10-11-19(22)16-26/h1-11,14,29H,12-13,15-16H2,(H,25,28). The lowest BCUT2D eigenvalue weighted by Gasteiger charge is -2.20. The van der Waals surface area contributed by atoms with Gasteiger partial charge in [0, 0.05) is 23.2 Å². The Balaban J connectivity index is 1.49. The number of hydrogen-bond acceptors (Lipinski definition) is 5. The maximum Gasteiger partial charge on any atom is 0.274 e. The number of hydrogen-bond donors (Lipinski definition) is 2. The highest BCUT2D eigenvalue weighted by Gasteiger charge is 2.22. The molecule has 0 spiro atoms. The van der Waals surface area contributed by atoms with Gasteiger partial charge in [-0.15, -0.1) is 0 Å². The second kappa shape index (κ2) is 9.32. The van der Waals surface area contributed by atoms with E-state index in [2.05, 4.69) is 0 Å². The van der Waals surface area contributed by atoms with Crippen LogP contribution in [0.2, 0.25) is 0 Å². The molecule has 0 saturated heterocycles. The molecule has 2 amide bonds. The minimum Gasteiger partial charge on any atom is -0.491 e. The first-order chi connectivity index (χ1) is 15.1. The molecule has 0 aliphatic carbocycles. The lowest BCUT2D eigenvalue weighted by atomic mass is 10.1. The summed E-state index contributed by atoms with van der Waals surface area (Å²) in [7, 11) is 0. The number of nitrogens with zero attached hydrogens (tertiary/aromatic N) is 1. The predicted molar refractivity (Wildman–Crippen MR) is 113 cm³/mol. The normalized spacial score (nSPS) is 12.9. The molecule has 4 rings (SSSR count). The van der Waals surface area contributed by atoms with Gasteiger partial charge in [-0.1, -0.05) is 42.5 Å². The number of carbonyl (C=O) groups excluding carboxylic acids is 2. The Hall–Kier alpha value is -3.84. The van der Waals surface area contributed by atoms with E-state index >= 15 is 0 Å². The number of fused-ring (bicyclic) bond motifs is 1. The number of ether oxygens (including phenoxy) is 2. The first-order valence-electron chi connectivity index (χ1n) is 9.93. The molecule has 158 valence electrons. The first kappa shape index (κ1) is 20.4. The van der Waals surface area contributed by atoms with Crippen molar-refractivity contribution in [1.29, 1.82) is 0 Å². The van der Waals surface area contributed by atoms with E-state index in [9.17, 15) is 9.59 Å². The largest absolute Gasteiger partial charge is 0.491 e. The van der Waals surface area contributed by atoms with E-state index in [1.807, 2.05) is 54.6 Å². The van der Waals surface area contributed by atoms with Crippen LogP contribution in [0.5, 0.6) is 17.2 Å². The number of carbonyl (C=O) groups is 2. The third kappa shape index (κ3) is 4.84. The van der Waals surface area contributed by atoms with Crippen LogP contribution >= 0.6 is 0 Å². The van der Waals surface area contributed by atoms with Gasteiger partial charge in [0.2, 0.25) is 5.91 Å². The second-order valence-corrected chi connectivity index (χ2v) is 7.13. The number of rotatable bonds is 5. The molecule has 2 N–H and O–H groups in total. The average Bonchev–Trinajstić information content (AvgIpc) is 3.02. The van der Waals surface area contributed by atoms with Crippen LogP contribution in [0.1, 0.15) is 21.5 Å². The van der Waals surface area contributed by atoms with Gasteiger partial charge in [0.15, 0.2) is 0 Å². The van der Waals surface area contributed by atoms with Gasteiger partial charge in [-0.05, 0) is 30.3 Å². The average molecular weight is 418 g/mol. The zero-order valence-corrected chi connectivity index (χ0v) is 16.8. The number of benzene rings is 3. The first-order valence-corrected chi connectivity index (χ1v) is 9.93. The number of nitrogens with one attached hydrogen (secondary N) is 1. The number of amides is 2. The molecule has 0 fully saturated rings. The third-order valence-electron chi connectivity index (χ3n) is 5.05. The predicted octanol–water partition coefficient (Wildman–Crippen LogP) is 3.56. The monoisotopic (exact) mass is 418 g/mol. The molecule has 1 aliphatic rings. The van der Waals surface area contributed by atoms with Gasteiger partial charge in [0.25, 0.3) is 5.91 Å². The van der Waals surface area contributed by atoms with E-state index in [0.717, 1.165) is 11.1 Å². The fourth-order valence-corrected chi connectivity index (χ4v) is 3.43. The fraction of sp³-hybridized carbons (Fsp3) is 0.167. The summed E-state index contributed by atoms with van der Waals surface area (Å²) in [5.74, 6) is 1.23. The van der Waals surface area contributed by atoms with Gasteiger partial charge >= 0.3 is 0 Å². The van der Waals surface area contributed by atoms with Crippen molar-refractivity contribution < 1.29 is 24.3 Å². The van der Waals surface area contributed by atoms with E-state index in [1.54, 1.807) is 28.6 Å². The Labute approximate surface area is 179 Å². The SMILES string of the molecule is O=C(NO)c1ccc2c(c1)OCCN(C(=O)Cc1ccccc1Oc1ccccc1)C2. The Morgan fingerprint density at radius 1 is 1.03 bits per heavy atom. The van der Waals surface area contributed by atoms with Crippen LogP contribution in [0.4, 0.5) is 0 Å². The van der Waals surface area contributed by atoms with Crippen LogP contribution in [-0.4, -0.2) is 35.1 Å². The highest BCUT2D eigenvalue weighted by Crippen LogP contribution is 2.28. The van der Waals surface area contributed by atoms with Crippen molar-refractivity contribution in [2.45, 2.75) is 13.0 Å². The van der Waals surface area contributed by atoms with Gasteiger partial charge in [0.1, 0.15) is 23.9 Å². The van der Waals surface area contributed by atoms with Crippen LogP contribution in [0.3, 0.4) is 0 Å². The van der Waals surface area contributed by atoms with Crippen molar-refractivity contribution in [1.82, 2.24) is 10.4 Å². The molecule has 0 bridgehead atoms. The van der Waals surface area contributed by atoms with E-state index in [-0.39, 0.29) is 17.9 Å². The van der Waals surface area contributed by atoms with Crippen LogP contribution < -0.4 is 15.0 Å². The van der Waals surface area contributed by atoms with Crippen LogP contribution in [-0.2, 0) is 17.8 Å². The maximum absolute atomic E-state index is 13.1. The van der Waals surface area contributed by atoms with Gasteiger partial charge in [-0.25, -0.2) is 5.48 Å². The van der Waals surface area contributed by atoms with Gasteiger partial charge < -0.3 is 14.4 Å². The summed E-state index contributed by atoms with van der Waals surface area (Å²) in [5, 5.41) is 8.81. The van der Waals surface area contributed by atoms with E-state index in [4.69, 9.17) is 14.7 Å². The van der Waals surface area contributed by atoms with Gasteiger partial charge in [-0.3, -0.25) is 14.8 Å². The molecule has 0 saturated carbocycles. The molecule has 0 aromatic heterocycles. The van der Waals surface area contributed by atoms with Crippen LogP contribution in [0.15, 0.2) is 72.8 Å². The van der Waals surface area contributed by atoms with Crippen molar-refractivity contribution in [2.24, 2.45) is 0 Å². The molecular formula is C24H22N2O5. The second-order valence-electron chi connectivity index (χ2n) is 7.13. The van der Waals surface area contributed by atoms with Crippen LogP contribution in [0, 0.1) is 0 Å². The third-order valence-corrected chi connectivity index (χ3v) is 5.05. The van der Waals surface area contributed by atoms with Crippen molar-refractivity contribution in [3.8, 4) is 17.2 Å². The highest BCUT2D eigenvalue weighted by atomic mass is 16.5. The van der Waals surface area contributed by atoms with E-state index in [0.29, 0.717) is 36.9 Å². The quantitative estimate of drug-likeness (QED) is 0.489. The molecule has 7 heteroatoms. The molecule has 1 aliphatic heterocycles. The van der Waals surface area contributed by atoms with E-state index in [1.165, 1.54) is 0 Å². The molecular weight excluding hydrogens is 396 g/mol. The zero-order valence-electron chi connectivity index (χ0n) is 16.8. The maximum atomic E-state index is 13.1. The summed E-state index contributed by atoms with van der Waals surface area (Å²) in [4.78, 5) is 26.4. The van der Waals surface area contributed by atoms with Crippen molar-refractivity contribution in [2.75, 3.05) is 13.2 Å². The Bertz CT molecular complexity index is 1080. The number of para-hydroxylation sites is 2. The topological polar surface area (TPSA) is 88.1 Å². The molecule has 3 aromatic carbocycles. The zero-order chi connectivity index (χ0) is 21.6. The summed E-state index contributed by atoms with van der Waals surface area (Å²) >= 11 is 0. The molecule has 7 nitrogen and oxygen atoms in total. The summed E-state index contributed by atoms with van der Waals surface area (Å²) in [6.07, 6.45) is 0.198. The van der Waals surface area contributed by atoms with Gasteiger partial charge in [-0.2, -0.15) is 0 Å². The van der Waals surface area contributed by atoms with Crippen molar-refractivity contribution in [3.63, 3.8) is 0 Å². The lowest BCUT2D eigenvalue weighted by Crippen LogP contribution is -2.33. The summed E-state index contributed by atoms with van der Waals surface area (Å²) in [6, 6.07) is 21.8. The Morgan fingerprint density at radius 2 is 1.81 bits per heavy atom. The molecule has 1 heterocycles.